The van der Waals surface area contributed by atoms with Crippen LogP contribution in [-0.4, -0.2) is 8.42 Å². The van der Waals surface area contributed by atoms with E-state index < -0.39 is 10.0 Å². The lowest BCUT2D eigenvalue weighted by atomic mass is 10.1. The molecule has 4 nitrogen and oxygen atoms in total. The van der Waals surface area contributed by atoms with Gasteiger partial charge >= 0.3 is 0 Å². The number of nitrogens with one attached hydrogen (secondary N) is 1. The standard InChI is InChI=1S/C13H11BrN2O2S2/c1-8-5-9(2)13(11(14)6-8)16-20(17,18)12-4-3-10(7-15)19-12/h3-6,16H,1-2H3. The van der Waals surface area contributed by atoms with Crippen LogP contribution in [0.4, 0.5) is 5.69 Å². The number of anilines is 1. The first-order valence-electron chi connectivity index (χ1n) is 5.63. The highest BCUT2D eigenvalue weighted by Crippen LogP contribution is 2.31. The predicted octanol–water partition coefficient (Wildman–Crippen LogP) is 3.80. The van der Waals surface area contributed by atoms with Gasteiger partial charge in [0.1, 0.15) is 15.2 Å². The molecule has 0 radical (unpaired) electrons. The lowest BCUT2D eigenvalue weighted by Crippen LogP contribution is -2.13. The van der Waals surface area contributed by atoms with E-state index >= 15 is 0 Å². The summed E-state index contributed by atoms with van der Waals surface area (Å²) in [4.78, 5) is 0.366. The normalized spacial score (nSPS) is 11.1. The Morgan fingerprint density at radius 2 is 2.00 bits per heavy atom. The van der Waals surface area contributed by atoms with Crippen LogP contribution >= 0.6 is 27.3 Å². The second kappa shape index (κ2) is 5.56. The fourth-order valence-electron chi connectivity index (χ4n) is 1.75. The number of rotatable bonds is 3. The molecule has 0 bridgehead atoms. The molecule has 2 aromatic rings. The second-order valence-corrected chi connectivity index (χ2v) is 8.12. The van der Waals surface area contributed by atoms with Crippen molar-refractivity contribution in [3.63, 3.8) is 0 Å². The van der Waals surface area contributed by atoms with E-state index in [0.29, 0.717) is 15.0 Å². The van der Waals surface area contributed by atoms with Crippen molar-refractivity contribution in [2.24, 2.45) is 0 Å². The lowest BCUT2D eigenvalue weighted by molar-refractivity contribution is 0.603. The third kappa shape index (κ3) is 3.03. The zero-order valence-corrected chi connectivity index (χ0v) is 14.0. The summed E-state index contributed by atoms with van der Waals surface area (Å²) >= 11 is 4.31. The Balaban J connectivity index is 2.41. The summed E-state index contributed by atoms with van der Waals surface area (Å²) in [7, 11) is -3.67. The molecule has 1 aromatic heterocycles. The van der Waals surface area contributed by atoms with Gasteiger partial charge in [-0.2, -0.15) is 5.26 Å². The van der Waals surface area contributed by atoms with Gasteiger partial charge in [-0.25, -0.2) is 8.42 Å². The van der Waals surface area contributed by atoms with Gasteiger partial charge < -0.3 is 0 Å². The highest BCUT2D eigenvalue weighted by atomic mass is 79.9. The van der Waals surface area contributed by atoms with E-state index in [4.69, 9.17) is 5.26 Å². The van der Waals surface area contributed by atoms with Gasteiger partial charge in [-0.1, -0.05) is 6.07 Å². The molecule has 0 aliphatic carbocycles. The molecule has 0 aliphatic rings. The van der Waals surface area contributed by atoms with E-state index in [0.717, 1.165) is 22.5 Å². The molecule has 0 aliphatic heterocycles. The first kappa shape index (κ1) is 15.0. The number of halogens is 1. The van der Waals surface area contributed by atoms with Crippen LogP contribution < -0.4 is 4.72 Å². The Morgan fingerprint density at radius 3 is 2.55 bits per heavy atom. The molecule has 1 N–H and O–H groups in total. The van der Waals surface area contributed by atoms with Gasteiger partial charge in [-0.3, -0.25) is 4.72 Å². The zero-order valence-electron chi connectivity index (χ0n) is 10.8. The molecule has 0 saturated heterocycles. The SMILES string of the molecule is Cc1cc(C)c(NS(=O)(=O)c2ccc(C#N)s2)c(Br)c1. The van der Waals surface area contributed by atoms with Crippen molar-refractivity contribution in [1.29, 1.82) is 5.26 Å². The molecule has 0 unspecified atom stereocenters. The molecule has 1 heterocycles. The van der Waals surface area contributed by atoms with Gasteiger partial charge in [-0.05, 0) is 59.1 Å². The molecular weight excluding hydrogens is 360 g/mol. The van der Waals surface area contributed by atoms with Gasteiger partial charge in [0.25, 0.3) is 10.0 Å². The monoisotopic (exact) mass is 370 g/mol. The maximum atomic E-state index is 12.3. The minimum Gasteiger partial charge on any atom is -0.278 e. The first-order valence-corrected chi connectivity index (χ1v) is 8.72. The summed E-state index contributed by atoms with van der Waals surface area (Å²) in [6.07, 6.45) is 0. The second-order valence-electron chi connectivity index (χ2n) is 4.27. The van der Waals surface area contributed by atoms with E-state index in [1.54, 1.807) is 0 Å². The van der Waals surface area contributed by atoms with E-state index in [1.165, 1.54) is 12.1 Å². The van der Waals surface area contributed by atoms with Gasteiger partial charge in [0, 0.05) is 4.47 Å². The zero-order chi connectivity index (χ0) is 14.9. The quantitative estimate of drug-likeness (QED) is 0.892. The summed E-state index contributed by atoms with van der Waals surface area (Å²) in [6, 6.07) is 8.61. The number of hydrogen-bond acceptors (Lipinski definition) is 4. The summed E-state index contributed by atoms with van der Waals surface area (Å²) in [6.45, 7) is 3.78. The van der Waals surface area contributed by atoms with Crippen molar-refractivity contribution in [1.82, 2.24) is 0 Å². The highest BCUT2D eigenvalue weighted by Gasteiger charge is 2.19. The Labute approximate surface area is 130 Å². The number of nitrogens with zero attached hydrogens (tertiary/aromatic N) is 1. The van der Waals surface area contributed by atoms with Crippen molar-refractivity contribution in [2.75, 3.05) is 4.72 Å². The number of hydrogen-bond donors (Lipinski definition) is 1. The number of sulfonamides is 1. The maximum absolute atomic E-state index is 12.3. The Bertz CT molecular complexity index is 781. The molecule has 7 heteroatoms. The van der Waals surface area contributed by atoms with E-state index in [1.807, 2.05) is 32.0 Å². The molecule has 0 atom stereocenters. The van der Waals surface area contributed by atoms with Crippen molar-refractivity contribution < 1.29 is 8.42 Å². The first-order chi connectivity index (χ1) is 9.33. The van der Waals surface area contributed by atoms with Crippen molar-refractivity contribution >= 4 is 43.0 Å². The van der Waals surface area contributed by atoms with E-state index in [-0.39, 0.29) is 4.21 Å². The topological polar surface area (TPSA) is 70.0 Å². The van der Waals surface area contributed by atoms with Crippen molar-refractivity contribution in [3.05, 3.63) is 44.7 Å². The third-order valence-electron chi connectivity index (χ3n) is 2.62. The van der Waals surface area contributed by atoms with Crippen LogP contribution in [0.3, 0.4) is 0 Å². The largest absolute Gasteiger partial charge is 0.278 e. The Kier molecular flexibility index (Phi) is 4.18. The molecule has 0 amide bonds. The average Bonchev–Trinajstić information content (AvgIpc) is 2.83. The molecule has 0 spiro atoms. The molecule has 1 aromatic carbocycles. The van der Waals surface area contributed by atoms with Crippen LogP contribution in [0.25, 0.3) is 0 Å². The lowest BCUT2D eigenvalue weighted by Gasteiger charge is -2.12. The number of nitriles is 1. The molecular formula is C13H11BrN2O2S2. The maximum Gasteiger partial charge on any atom is 0.271 e. The fourth-order valence-corrected chi connectivity index (χ4v) is 4.91. The van der Waals surface area contributed by atoms with Crippen molar-refractivity contribution in [2.45, 2.75) is 18.1 Å². The fraction of sp³-hybridized carbons (Fsp3) is 0.154. The summed E-state index contributed by atoms with van der Waals surface area (Å²) in [5, 5.41) is 8.76. The van der Waals surface area contributed by atoms with E-state index in [9.17, 15) is 8.42 Å². The minimum absolute atomic E-state index is 0.126. The third-order valence-corrected chi connectivity index (χ3v) is 6.08. The average molecular weight is 371 g/mol. The molecule has 0 fully saturated rings. The van der Waals surface area contributed by atoms with Crippen LogP contribution in [-0.2, 0) is 10.0 Å². The summed E-state index contributed by atoms with van der Waals surface area (Å²) in [5.41, 5.74) is 2.39. The van der Waals surface area contributed by atoms with Crippen LogP contribution in [0, 0.1) is 25.2 Å². The molecule has 20 heavy (non-hydrogen) atoms. The predicted molar refractivity (Wildman–Crippen MR) is 83.5 cm³/mol. The summed E-state index contributed by atoms with van der Waals surface area (Å²) < 4.78 is 28.0. The molecule has 2 rings (SSSR count). The number of aryl methyl sites for hydroxylation is 2. The van der Waals surface area contributed by atoms with Gasteiger partial charge in [0.05, 0.1) is 5.69 Å². The Morgan fingerprint density at radius 1 is 1.30 bits per heavy atom. The smallest absolute Gasteiger partial charge is 0.271 e. The Hall–Kier alpha value is -1.36. The van der Waals surface area contributed by atoms with Crippen LogP contribution in [0.1, 0.15) is 16.0 Å². The summed E-state index contributed by atoms with van der Waals surface area (Å²) in [5.74, 6) is 0. The molecule has 0 saturated carbocycles. The number of thiophene rings is 1. The molecule has 104 valence electrons. The van der Waals surface area contributed by atoms with Crippen molar-refractivity contribution in [3.8, 4) is 6.07 Å². The van der Waals surface area contributed by atoms with Crippen LogP contribution in [0.5, 0.6) is 0 Å². The number of benzene rings is 1. The van der Waals surface area contributed by atoms with Gasteiger partial charge in [0.2, 0.25) is 0 Å². The van der Waals surface area contributed by atoms with Gasteiger partial charge in [0.15, 0.2) is 0 Å². The van der Waals surface area contributed by atoms with Crippen LogP contribution in [0.15, 0.2) is 32.9 Å². The minimum atomic E-state index is -3.67. The van der Waals surface area contributed by atoms with Gasteiger partial charge in [-0.15, -0.1) is 11.3 Å². The van der Waals surface area contributed by atoms with Crippen LogP contribution in [0.2, 0.25) is 0 Å². The van der Waals surface area contributed by atoms with E-state index in [2.05, 4.69) is 20.7 Å². The highest BCUT2D eigenvalue weighted by molar-refractivity contribution is 9.10.